The molecule has 3 aliphatic heterocycles. The molecule has 0 amide bonds. The van der Waals surface area contributed by atoms with Crippen LogP contribution in [0.5, 0.6) is 0 Å². The molecule has 3 heterocycles. The lowest BCUT2D eigenvalue weighted by molar-refractivity contribution is 0.0874. The van der Waals surface area contributed by atoms with Crippen molar-refractivity contribution in [2.75, 3.05) is 24.7 Å². The van der Waals surface area contributed by atoms with Crippen LogP contribution >= 0.6 is 24.0 Å². The van der Waals surface area contributed by atoms with Crippen molar-refractivity contribution in [2.45, 2.75) is 30.2 Å². The van der Waals surface area contributed by atoms with Gasteiger partial charge in [-0.15, -0.1) is 0 Å². The lowest BCUT2D eigenvalue weighted by atomic mass is 10.2. The molecule has 0 aromatic heterocycles. The lowest BCUT2D eigenvalue weighted by Crippen LogP contribution is -2.41. The zero-order valence-corrected chi connectivity index (χ0v) is 11.8. The highest BCUT2D eigenvalue weighted by atomic mass is 32.2. The van der Waals surface area contributed by atoms with Crippen molar-refractivity contribution in [3.63, 3.8) is 0 Å². The van der Waals surface area contributed by atoms with E-state index in [9.17, 15) is 8.42 Å². The maximum Gasteiger partial charge on any atom is 0.153 e. The minimum absolute atomic E-state index is 0.0849. The quantitative estimate of drug-likeness (QED) is 0.697. The summed E-state index contributed by atoms with van der Waals surface area (Å²) < 4.78 is 29.7. The van der Waals surface area contributed by atoms with Gasteiger partial charge in [-0.05, 0) is 12.8 Å². The normalized spacial score (nSPS) is 39.9. The zero-order valence-electron chi connectivity index (χ0n) is 9.37. The molecular formula is C10H15NO3S3. The molecule has 3 fully saturated rings. The maximum absolute atomic E-state index is 11.6. The molecule has 0 saturated carbocycles. The number of sulfone groups is 1. The number of hydrogen-bond acceptors (Lipinski definition) is 5. The summed E-state index contributed by atoms with van der Waals surface area (Å²) in [5, 5.41) is 0.147. The molecule has 3 atom stereocenters. The minimum Gasteiger partial charge on any atom is -0.376 e. The molecule has 0 spiro atoms. The maximum atomic E-state index is 11.6. The standard InChI is InChI=1S/C10H15NO3S3/c12-17(13)5-8-9(6-17)16-10(15)11(8)4-7-2-1-3-14-7/h7-9H,1-6H2/t7-,8-,9+/m1/s1. The molecule has 17 heavy (non-hydrogen) atoms. The van der Waals surface area contributed by atoms with E-state index in [1.165, 1.54) is 0 Å². The highest BCUT2D eigenvalue weighted by molar-refractivity contribution is 8.24. The topological polar surface area (TPSA) is 46.6 Å². The number of fused-ring (bicyclic) bond motifs is 1. The molecule has 0 aromatic rings. The van der Waals surface area contributed by atoms with E-state index in [1.54, 1.807) is 11.8 Å². The Kier molecular flexibility index (Phi) is 3.13. The third-order valence-corrected chi connectivity index (χ3v) is 7.25. The summed E-state index contributed by atoms with van der Waals surface area (Å²) >= 11 is 6.90. The van der Waals surface area contributed by atoms with Crippen LogP contribution in [0.4, 0.5) is 0 Å². The van der Waals surface area contributed by atoms with Crippen LogP contribution in [0.2, 0.25) is 0 Å². The van der Waals surface area contributed by atoms with Crippen molar-refractivity contribution in [1.82, 2.24) is 4.90 Å². The van der Waals surface area contributed by atoms with Crippen LogP contribution in [0, 0.1) is 0 Å². The van der Waals surface area contributed by atoms with Gasteiger partial charge < -0.3 is 9.64 Å². The summed E-state index contributed by atoms with van der Waals surface area (Å²) in [5.41, 5.74) is 0. The van der Waals surface area contributed by atoms with Gasteiger partial charge in [0.15, 0.2) is 9.84 Å². The Hall–Kier alpha value is 0.150. The molecule has 0 unspecified atom stereocenters. The second-order valence-electron chi connectivity index (χ2n) is 4.85. The smallest absolute Gasteiger partial charge is 0.153 e. The fraction of sp³-hybridized carbons (Fsp3) is 0.900. The first-order valence-electron chi connectivity index (χ1n) is 5.84. The minimum atomic E-state index is -2.86. The number of rotatable bonds is 2. The summed E-state index contributed by atoms with van der Waals surface area (Å²) in [5.74, 6) is 0.544. The second-order valence-corrected chi connectivity index (χ2v) is 8.88. The molecule has 3 saturated heterocycles. The van der Waals surface area contributed by atoms with Crippen LogP contribution in [0.3, 0.4) is 0 Å². The van der Waals surface area contributed by atoms with Crippen molar-refractivity contribution in [3.05, 3.63) is 0 Å². The van der Waals surface area contributed by atoms with E-state index in [0.29, 0.717) is 0 Å². The van der Waals surface area contributed by atoms with Gasteiger partial charge in [-0.3, -0.25) is 0 Å². The van der Waals surface area contributed by atoms with Gasteiger partial charge in [0.05, 0.1) is 23.7 Å². The summed E-state index contributed by atoms with van der Waals surface area (Å²) in [6, 6.07) is 0.0849. The molecule has 96 valence electrons. The number of ether oxygens (including phenoxy) is 1. The predicted molar refractivity (Wildman–Crippen MR) is 72.1 cm³/mol. The number of thioether (sulfide) groups is 1. The first kappa shape index (κ1) is 12.2. The molecule has 0 radical (unpaired) electrons. The van der Waals surface area contributed by atoms with Crippen LogP contribution in [0.25, 0.3) is 0 Å². The van der Waals surface area contributed by atoms with Crippen molar-refractivity contribution < 1.29 is 13.2 Å². The molecule has 3 aliphatic rings. The Labute approximate surface area is 111 Å². The third kappa shape index (κ3) is 2.34. The first-order chi connectivity index (χ1) is 8.05. The highest BCUT2D eigenvalue weighted by Crippen LogP contribution is 2.38. The predicted octanol–water partition coefficient (Wildman–Crippen LogP) is 0.665. The van der Waals surface area contributed by atoms with Crippen LogP contribution in [0.15, 0.2) is 0 Å². The van der Waals surface area contributed by atoms with Crippen LogP contribution in [-0.2, 0) is 14.6 Å². The SMILES string of the molecule is O=S1(=O)C[C@@H]2SC(=S)N(C[C@H]3CCCO3)[C@@H]2C1. The van der Waals surface area contributed by atoms with Gasteiger partial charge in [-0.25, -0.2) is 8.42 Å². The number of hydrogen-bond donors (Lipinski definition) is 0. The van der Waals surface area contributed by atoms with Gasteiger partial charge in [0.1, 0.15) is 4.32 Å². The molecule has 0 bridgehead atoms. The Morgan fingerprint density at radius 3 is 3.00 bits per heavy atom. The van der Waals surface area contributed by atoms with Gasteiger partial charge in [0.2, 0.25) is 0 Å². The lowest BCUT2D eigenvalue weighted by Gasteiger charge is -2.26. The van der Waals surface area contributed by atoms with Crippen LogP contribution in [-0.4, -0.2) is 59.7 Å². The molecule has 3 rings (SSSR count). The highest BCUT2D eigenvalue weighted by Gasteiger charge is 2.48. The Morgan fingerprint density at radius 1 is 1.47 bits per heavy atom. The number of nitrogens with zero attached hydrogens (tertiary/aromatic N) is 1. The van der Waals surface area contributed by atoms with Crippen LogP contribution in [0.1, 0.15) is 12.8 Å². The Bertz CT molecular complexity index is 430. The fourth-order valence-corrected chi connectivity index (χ4v) is 7.14. The second kappa shape index (κ2) is 4.36. The molecule has 0 aliphatic carbocycles. The molecule has 0 aromatic carbocycles. The van der Waals surface area contributed by atoms with E-state index >= 15 is 0 Å². The summed E-state index contributed by atoms with van der Waals surface area (Å²) in [7, 11) is -2.86. The van der Waals surface area contributed by atoms with Crippen molar-refractivity contribution in [1.29, 1.82) is 0 Å². The van der Waals surface area contributed by atoms with Crippen molar-refractivity contribution in [3.8, 4) is 0 Å². The monoisotopic (exact) mass is 293 g/mol. The fourth-order valence-electron chi connectivity index (χ4n) is 2.75. The summed E-state index contributed by atoms with van der Waals surface area (Å²) in [6.07, 6.45) is 2.40. The van der Waals surface area contributed by atoms with Crippen LogP contribution < -0.4 is 0 Å². The number of thiocarbonyl (C=S) groups is 1. The summed E-state index contributed by atoms with van der Waals surface area (Å²) in [4.78, 5) is 2.09. The average molecular weight is 293 g/mol. The van der Waals surface area contributed by atoms with Gasteiger partial charge in [0.25, 0.3) is 0 Å². The largest absolute Gasteiger partial charge is 0.376 e. The average Bonchev–Trinajstić information content (AvgIpc) is 2.87. The van der Waals surface area contributed by atoms with Gasteiger partial charge in [-0.2, -0.15) is 0 Å². The molecule has 7 heteroatoms. The van der Waals surface area contributed by atoms with E-state index in [0.717, 1.165) is 30.3 Å². The third-order valence-electron chi connectivity index (χ3n) is 3.58. The first-order valence-corrected chi connectivity index (χ1v) is 8.95. The van der Waals surface area contributed by atoms with E-state index in [1.807, 2.05) is 0 Å². The summed E-state index contributed by atoms with van der Waals surface area (Å²) in [6.45, 7) is 1.59. The van der Waals surface area contributed by atoms with E-state index in [4.69, 9.17) is 17.0 Å². The van der Waals surface area contributed by atoms with Crippen molar-refractivity contribution >= 4 is 38.1 Å². The Morgan fingerprint density at radius 2 is 2.29 bits per heavy atom. The van der Waals surface area contributed by atoms with Gasteiger partial charge in [-0.1, -0.05) is 24.0 Å². The van der Waals surface area contributed by atoms with E-state index in [-0.39, 0.29) is 28.9 Å². The van der Waals surface area contributed by atoms with E-state index < -0.39 is 9.84 Å². The molecular weight excluding hydrogens is 278 g/mol. The van der Waals surface area contributed by atoms with Gasteiger partial charge in [0, 0.05) is 18.4 Å². The molecule has 0 N–H and O–H groups in total. The van der Waals surface area contributed by atoms with E-state index in [2.05, 4.69) is 4.90 Å². The molecule has 4 nitrogen and oxygen atoms in total. The van der Waals surface area contributed by atoms with Gasteiger partial charge >= 0.3 is 0 Å². The Balaban J connectivity index is 1.72. The van der Waals surface area contributed by atoms with Crippen molar-refractivity contribution in [2.24, 2.45) is 0 Å². The zero-order chi connectivity index (χ0) is 12.0.